The fraction of sp³-hybridized carbons (Fsp3) is 0.0714. The van der Waals surface area contributed by atoms with Gasteiger partial charge in [0.2, 0.25) is 0 Å². The van der Waals surface area contributed by atoms with Crippen LogP contribution in [0.1, 0.15) is 10.5 Å². The van der Waals surface area contributed by atoms with Crippen LogP contribution in [0, 0.1) is 0 Å². The van der Waals surface area contributed by atoms with Crippen LogP contribution in [-0.4, -0.2) is 33.6 Å². The standard InChI is InChI=1S/C14H10N2O5S/c17-9(18)6-15-14(20)11-12(19)7-3-5-22-13(7)10(16-11)8-2-1-4-21-8/h1-5,19H,6H2,(H,15,20)(H,17,18). The molecular weight excluding hydrogens is 308 g/mol. The van der Waals surface area contributed by atoms with Gasteiger partial charge >= 0.3 is 5.97 Å². The smallest absolute Gasteiger partial charge is 0.322 e. The van der Waals surface area contributed by atoms with Crippen molar-refractivity contribution in [3.63, 3.8) is 0 Å². The molecule has 0 aliphatic rings. The van der Waals surface area contributed by atoms with Crippen molar-refractivity contribution >= 4 is 33.3 Å². The average Bonchev–Trinajstić information content (AvgIpc) is 3.16. The van der Waals surface area contributed by atoms with Crippen molar-refractivity contribution in [2.24, 2.45) is 0 Å². The highest BCUT2D eigenvalue weighted by atomic mass is 32.1. The number of thiophene rings is 1. The lowest BCUT2D eigenvalue weighted by molar-refractivity contribution is -0.135. The number of nitrogens with one attached hydrogen (secondary N) is 1. The Kier molecular flexibility index (Phi) is 3.51. The first-order valence-electron chi connectivity index (χ1n) is 6.22. The van der Waals surface area contributed by atoms with E-state index in [0.717, 1.165) is 0 Å². The minimum Gasteiger partial charge on any atom is -0.505 e. The lowest BCUT2D eigenvalue weighted by Crippen LogP contribution is -2.30. The molecule has 0 fully saturated rings. The maximum atomic E-state index is 12.0. The predicted octanol–water partition coefficient (Wildman–Crippen LogP) is 2.08. The Balaban J connectivity index is 2.13. The molecule has 7 nitrogen and oxygen atoms in total. The molecule has 0 bridgehead atoms. The van der Waals surface area contributed by atoms with Gasteiger partial charge in [0.15, 0.2) is 17.2 Å². The number of pyridine rings is 1. The van der Waals surface area contributed by atoms with Crippen molar-refractivity contribution in [1.29, 1.82) is 0 Å². The summed E-state index contributed by atoms with van der Waals surface area (Å²) >= 11 is 1.36. The van der Waals surface area contributed by atoms with Crippen LogP contribution in [0.5, 0.6) is 5.75 Å². The van der Waals surface area contributed by atoms with Gasteiger partial charge in [-0.3, -0.25) is 9.59 Å². The first-order valence-corrected chi connectivity index (χ1v) is 7.10. The van der Waals surface area contributed by atoms with E-state index >= 15 is 0 Å². The number of carboxylic acids is 1. The number of aromatic nitrogens is 1. The summed E-state index contributed by atoms with van der Waals surface area (Å²) in [4.78, 5) is 26.7. The number of carbonyl (C=O) groups is 2. The normalized spacial score (nSPS) is 10.7. The molecule has 0 spiro atoms. The van der Waals surface area contributed by atoms with E-state index in [-0.39, 0.29) is 11.4 Å². The van der Waals surface area contributed by atoms with Gasteiger partial charge in [0, 0.05) is 5.39 Å². The van der Waals surface area contributed by atoms with E-state index in [0.29, 0.717) is 21.5 Å². The van der Waals surface area contributed by atoms with Gasteiger partial charge in [-0.2, -0.15) is 0 Å². The lowest BCUT2D eigenvalue weighted by atomic mass is 10.1. The van der Waals surface area contributed by atoms with E-state index < -0.39 is 18.4 Å². The Morgan fingerprint density at radius 1 is 1.36 bits per heavy atom. The van der Waals surface area contributed by atoms with E-state index in [9.17, 15) is 14.7 Å². The molecule has 3 heterocycles. The van der Waals surface area contributed by atoms with Crippen molar-refractivity contribution in [2.45, 2.75) is 0 Å². The van der Waals surface area contributed by atoms with Gasteiger partial charge in [-0.05, 0) is 23.6 Å². The third kappa shape index (κ3) is 2.40. The summed E-state index contributed by atoms with van der Waals surface area (Å²) in [5.41, 5.74) is 0.187. The highest BCUT2D eigenvalue weighted by Gasteiger charge is 2.21. The number of carbonyl (C=O) groups excluding carboxylic acids is 1. The zero-order valence-corrected chi connectivity index (χ0v) is 11.9. The second-order valence-corrected chi connectivity index (χ2v) is 5.29. The summed E-state index contributed by atoms with van der Waals surface area (Å²) in [5.74, 6) is -1.77. The van der Waals surface area contributed by atoms with Crippen LogP contribution in [0.25, 0.3) is 21.5 Å². The molecule has 112 valence electrons. The van der Waals surface area contributed by atoms with E-state index in [2.05, 4.69) is 10.3 Å². The van der Waals surface area contributed by atoms with Gasteiger partial charge in [0.25, 0.3) is 5.91 Å². The zero-order chi connectivity index (χ0) is 15.7. The molecule has 0 saturated heterocycles. The molecule has 0 radical (unpaired) electrons. The van der Waals surface area contributed by atoms with Gasteiger partial charge in [-0.25, -0.2) is 4.98 Å². The molecule has 22 heavy (non-hydrogen) atoms. The molecule has 0 saturated carbocycles. The molecule has 3 aromatic rings. The molecule has 0 aliphatic heterocycles. The SMILES string of the molecule is O=C(O)CNC(=O)c1nc(-c2ccco2)c2sccc2c1O. The van der Waals surface area contributed by atoms with E-state index in [1.54, 1.807) is 23.6 Å². The molecule has 0 aliphatic carbocycles. The topological polar surface area (TPSA) is 113 Å². The van der Waals surface area contributed by atoms with Crippen LogP contribution in [-0.2, 0) is 4.79 Å². The summed E-state index contributed by atoms with van der Waals surface area (Å²) in [6, 6.07) is 5.04. The summed E-state index contributed by atoms with van der Waals surface area (Å²) in [7, 11) is 0. The first-order chi connectivity index (χ1) is 10.6. The van der Waals surface area contributed by atoms with E-state index in [1.165, 1.54) is 17.6 Å². The second kappa shape index (κ2) is 5.49. The Labute approximate surface area is 127 Å². The Morgan fingerprint density at radius 2 is 2.18 bits per heavy atom. The number of amides is 1. The molecule has 0 unspecified atom stereocenters. The summed E-state index contributed by atoms with van der Waals surface area (Å²) in [6.45, 7) is -0.558. The molecule has 1 amide bonds. The molecule has 3 N–H and O–H groups in total. The number of fused-ring (bicyclic) bond motifs is 1. The monoisotopic (exact) mass is 318 g/mol. The summed E-state index contributed by atoms with van der Waals surface area (Å²) < 4.78 is 5.99. The molecular formula is C14H10N2O5S. The number of aliphatic carboxylic acids is 1. The number of carboxylic acid groups (broad SMARTS) is 1. The van der Waals surface area contributed by atoms with E-state index in [4.69, 9.17) is 9.52 Å². The largest absolute Gasteiger partial charge is 0.505 e. The maximum Gasteiger partial charge on any atom is 0.322 e. The number of hydrogen-bond acceptors (Lipinski definition) is 6. The first kappa shape index (κ1) is 14.1. The van der Waals surface area contributed by atoms with Crippen molar-refractivity contribution in [3.8, 4) is 17.2 Å². The predicted molar refractivity (Wildman–Crippen MR) is 79.0 cm³/mol. The van der Waals surface area contributed by atoms with Gasteiger partial charge in [0.05, 0.1) is 11.0 Å². The van der Waals surface area contributed by atoms with Crippen molar-refractivity contribution in [1.82, 2.24) is 10.3 Å². The summed E-state index contributed by atoms with van der Waals surface area (Å²) in [5, 5.41) is 23.2. The highest BCUT2D eigenvalue weighted by molar-refractivity contribution is 7.17. The fourth-order valence-corrected chi connectivity index (χ4v) is 2.89. The highest BCUT2D eigenvalue weighted by Crippen LogP contribution is 2.37. The van der Waals surface area contributed by atoms with Crippen LogP contribution < -0.4 is 5.32 Å². The van der Waals surface area contributed by atoms with Crippen LogP contribution >= 0.6 is 11.3 Å². The van der Waals surface area contributed by atoms with Crippen molar-refractivity contribution < 1.29 is 24.2 Å². The van der Waals surface area contributed by atoms with Gasteiger partial charge in [-0.15, -0.1) is 11.3 Å². The minimum atomic E-state index is -1.18. The number of nitrogens with zero attached hydrogens (tertiary/aromatic N) is 1. The Hall–Kier alpha value is -2.87. The Morgan fingerprint density at radius 3 is 2.86 bits per heavy atom. The number of aromatic hydroxyl groups is 1. The van der Waals surface area contributed by atoms with Gasteiger partial charge in [0.1, 0.15) is 12.2 Å². The van der Waals surface area contributed by atoms with Gasteiger partial charge in [-0.1, -0.05) is 0 Å². The zero-order valence-electron chi connectivity index (χ0n) is 11.1. The van der Waals surface area contributed by atoms with Crippen LogP contribution in [0.15, 0.2) is 34.3 Å². The minimum absolute atomic E-state index is 0.237. The summed E-state index contributed by atoms with van der Waals surface area (Å²) in [6.07, 6.45) is 1.48. The maximum absolute atomic E-state index is 12.0. The molecule has 3 rings (SSSR count). The average molecular weight is 318 g/mol. The van der Waals surface area contributed by atoms with E-state index in [1.807, 2.05) is 0 Å². The van der Waals surface area contributed by atoms with Crippen LogP contribution in [0.3, 0.4) is 0 Å². The number of hydrogen-bond donors (Lipinski definition) is 3. The number of furan rings is 1. The Bertz CT molecular complexity index is 854. The molecule has 8 heteroatoms. The van der Waals surface area contributed by atoms with Crippen molar-refractivity contribution in [3.05, 3.63) is 35.5 Å². The lowest BCUT2D eigenvalue weighted by Gasteiger charge is -2.08. The second-order valence-electron chi connectivity index (χ2n) is 4.37. The fourth-order valence-electron chi connectivity index (χ4n) is 2.00. The quantitative estimate of drug-likeness (QED) is 0.679. The number of rotatable bonds is 4. The van der Waals surface area contributed by atoms with Gasteiger partial charge < -0.3 is 19.9 Å². The van der Waals surface area contributed by atoms with Crippen LogP contribution in [0.4, 0.5) is 0 Å². The molecule has 0 aromatic carbocycles. The van der Waals surface area contributed by atoms with Crippen molar-refractivity contribution in [2.75, 3.05) is 6.54 Å². The molecule has 0 atom stereocenters. The third-order valence-electron chi connectivity index (χ3n) is 2.95. The van der Waals surface area contributed by atoms with Crippen LogP contribution in [0.2, 0.25) is 0 Å². The molecule has 3 aromatic heterocycles. The third-order valence-corrected chi connectivity index (χ3v) is 3.87.